The average Bonchev–Trinajstić information content (AvgIpc) is 3.49. The minimum absolute atomic E-state index is 0. The second-order valence-corrected chi connectivity index (χ2v) is 3.04. The maximum absolute atomic E-state index is 8.25. The summed E-state index contributed by atoms with van der Waals surface area (Å²) in [5.74, 6) is 0. The largest absolute Gasteiger partial charge is 2.00 e. The van der Waals surface area contributed by atoms with Gasteiger partial charge in [0.15, 0.2) is 0 Å². The number of hydrogen-bond acceptors (Lipinski definition) is 12. The number of hydrogen-bond donors (Lipinski definition) is 4. The van der Waals surface area contributed by atoms with Gasteiger partial charge in [0.05, 0.1) is 10.2 Å². The van der Waals surface area contributed by atoms with E-state index in [1.165, 1.54) is 14.1 Å². The SMILES string of the molecule is C[NH-].C[NH-].NCCN.NCCN.O=[N+]([O-])[O-].O=[N+]([O-])[O-].[Pd+2].[Pd+2].[Pt+2].c1cn[n-]c1.c1cn[n-]c1. The van der Waals surface area contributed by atoms with Gasteiger partial charge in [0.2, 0.25) is 0 Å². The maximum Gasteiger partial charge on any atom is 2.00 e. The monoisotopic (exact) mass is 845 g/mol. The molecule has 0 amide bonds. The Morgan fingerprint density at radius 3 is 0.909 bits per heavy atom. The van der Waals surface area contributed by atoms with Crippen LogP contribution < -0.4 is 33.1 Å². The molecule has 0 fully saturated rings. The van der Waals surface area contributed by atoms with Crippen molar-refractivity contribution in [3.05, 3.63) is 79.0 Å². The molecule has 2 aromatic heterocycles. The number of nitrogens with zero attached hydrogens (tertiary/aromatic N) is 6. The summed E-state index contributed by atoms with van der Waals surface area (Å²) in [5, 5.41) is 43.4. The average molecular weight is 846 g/mol. The Bertz CT molecular complexity index is 375. The number of nitrogens with one attached hydrogen (secondary N) is 2. The zero-order chi connectivity index (χ0) is 25.1. The zero-order valence-electron chi connectivity index (χ0n) is 17.7. The predicted molar refractivity (Wildman–Crippen MR) is 113 cm³/mol. The van der Waals surface area contributed by atoms with Crippen molar-refractivity contribution in [1.29, 1.82) is 0 Å². The fraction of sp³-hybridized carbons (Fsp3) is 0.500. The van der Waals surface area contributed by atoms with Gasteiger partial charge in [-0.2, -0.15) is 26.5 Å². The molecule has 0 radical (unpaired) electrons. The van der Waals surface area contributed by atoms with Gasteiger partial charge in [-0.3, -0.25) is 0 Å². The molecule has 2 rings (SSSR count). The quantitative estimate of drug-likeness (QED) is 0.156. The Kier molecular flexibility index (Phi) is 136. The van der Waals surface area contributed by atoms with Gasteiger partial charge in [0.25, 0.3) is 0 Å². The van der Waals surface area contributed by atoms with Crippen LogP contribution in [-0.4, -0.2) is 60.6 Å². The van der Waals surface area contributed by atoms with Crippen LogP contribution in [0.15, 0.2) is 36.9 Å². The molecule has 0 spiro atoms. The molecular weight excluding hydrogens is 816 g/mol. The van der Waals surface area contributed by atoms with E-state index in [2.05, 4.69) is 20.4 Å². The molecule has 0 aromatic carbocycles. The van der Waals surface area contributed by atoms with Crippen molar-refractivity contribution < 1.29 is 72.1 Å². The van der Waals surface area contributed by atoms with Gasteiger partial charge in [-0.1, -0.05) is 12.1 Å². The van der Waals surface area contributed by atoms with Gasteiger partial charge in [-0.15, -0.1) is 0 Å². The van der Waals surface area contributed by atoms with Crippen LogP contribution >= 0.6 is 0 Å². The fourth-order valence-corrected chi connectivity index (χ4v) is 0.385. The third-order valence-electron chi connectivity index (χ3n) is 1.08. The standard InChI is InChI=1S/2C3H3N2.2C2H8N2.2CH4N.2NO3.2Pd.Pt/c2*1-2-4-5-3-1;2*3-1-2-4;2*1-2;2*2-1(3)4;;;/h2*1-3H;2*1-4H2;2*2H,1H3;;;;;/q2*-1;;;4*-1;3*+2. The van der Waals surface area contributed by atoms with Gasteiger partial charge >= 0.3 is 61.9 Å². The number of rotatable bonds is 2. The molecule has 0 aliphatic rings. The smallest absolute Gasteiger partial charge is 0.680 e. The molecule has 21 heteroatoms. The van der Waals surface area contributed by atoms with Crippen LogP contribution in [0.1, 0.15) is 0 Å². The molecule has 2 aromatic rings. The Balaban J connectivity index is -0.0000000286. The van der Waals surface area contributed by atoms with E-state index in [9.17, 15) is 0 Å². The van der Waals surface area contributed by atoms with E-state index in [-0.39, 0.29) is 61.9 Å². The molecule has 0 unspecified atom stereocenters. The van der Waals surface area contributed by atoms with Crippen molar-refractivity contribution in [2.75, 3.05) is 40.3 Å². The van der Waals surface area contributed by atoms with Gasteiger partial charge < -0.3 is 85.4 Å². The molecule has 0 bridgehead atoms. The molecule has 0 saturated heterocycles. The van der Waals surface area contributed by atoms with Crippen molar-refractivity contribution >= 4 is 0 Å². The van der Waals surface area contributed by atoms with Crippen LogP contribution in [0.25, 0.3) is 11.5 Å². The molecule has 0 aliphatic heterocycles. The van der Waals surface area contributed by atoms with Gasteiger partial charge in [-0.25, -0.2) is 0 Å². The Labute approximate surface area is 233 Å². The summed E-state index contributed by atoms with van der Waals surface area (Å²) in [6.07, 6.45) is 6.56. The number of nitrogens with two attached hydrogens (primary N) is 4. The minimum atomic E-state index is -1.75. The van der Waals surface area contributed by atoms with Gasteiger partial charge in [0, 0.05) is 38.6 Å². The first-order chi connectivity index (χ1) is 14.3. The third-order valence-corrected chi connectivity index (χ3v) is 1.08. The van der Waals surface area contributed by atoms with E-state index in [1.54, 1.807) is 36.9 Å². The first kappa shape index (κ1) is 57.9. The summed E-state index contributed by atoms with van der Waals surface area (Å²) < 4.78 is 0. The van der Waals surface area contributed by atoms with Crippen LogP contribution in [0, 0.1) is 30.6 Å². The molecule has 0 atom stereocenters. The van der Waals surface area contributed by atoms with Crippen LogP contribution in [-0.2, 0) is 61.9 Å². The van der Waals surface area contributed by atoms with E-state index in [0.717, 1.165) is 0 Å². The maximum atomic E-state index is 8.25. The molecule has 18 nitrogen and oxygen atoms in total. The molecule has 2 heterocycles. The molecule has 0 aliphatic carbocycles. The molecule has 33 heavy (non-hydrogen) atoms. The normalized spacial score (nSPS) is 6.06. The summed E-state index contributed by atoms with van der Waals surface area (Å²) in [7, 11) is 2.50. The first-order valence-electron chi connectivity index (χ1n) is 7.49. The first-order valence-corrected chi connectivity index (χ1v) is 7.49. The van der Waals surface area contributed by atoms with Crippen LogP contribution in [0.2, 0.25) is 0 Å². The summed E-state index contributed by atoms with van der Waals surface area (Å²) in [6, 6.07) is 3.56. The van der Waals surface area contributed by atoms with E-state index in [4.69, 9.17) is 65.0 Å². The summed E-state index contributed by atoms with van der Waals surface area (Å²) in [5.41, 5.74) is 31.1. The third kappa shape index (κ3) is 223. The van der Waals surface area contributed by atoms with Crippen LogP contribution in [0.4, 0.5) is 0 Å². The number of aromatic nitrogens is 4. The summed E-state index contributed by atoms with van der Waals surface area (Å²) in [6.45, 7) is 2.39. The molecule has 10 N–H and O–H groups in total. The molecule has 204 valence electrons. The van der Waals surface area contributed by atoms with Crippen molar-refractivity contribution in [2.45, 2.75) is 0 Å². The van der Waals surface area contributed by atoms with Crippen LogP contribution in [0.5, 0.6) is 0 Å². The Hall–Kier alpha value is -1.41. The van der Waals surface area contributed by atoms with E-state index < -0.39 is 10.2 Å². The van der Waals surface area contributed by atoms with Crippen LogP contribution in [0.3, 0.4) is 0 Å². The van der Waals surface area contributed by atoms with Crippen molar-refractivity contribution in [3.8, 4) is 0 Å². The topological polar surface area (TPSA) is 338 Å². The van der Waals surface area contributed by atoms with E-state index >= 15 is 0 Å². The van der Waals surface area contributed by atoms with Crippen molar-refractivity contribution in [3.63, 3.8) is 0 Å². The summed E-state index contributed by atoms with van der Waals surface area (Å²) >= 11 is 0. The summed E-state index contributed by atoms with van der Waals surface area (Å²) in [4.78, 5) is 16.5. The second kappa shape index (κ2) is 77.5. The predicted octanol–water partition coefficient (Wildman–Crippen LogP) is -1.26. The fourth-order valence-electron chi connectivity index (χ4n) is 0.385. The van der Waals surface area contributed by atoms with Crippen molar-refractivity contribution in [2.24, 2.45) is 22.9 Å². The molecule has 0 saturated carbocycles. The Morgan fingerprint density at radius 2 is 0.879 bits per heavy atom. The molecular formula is C12H30N12O6Pd2Pt. The second-order valence-electron chi connectivity index (χ2n) is 3.04. The minimum Gasteiger partial charge on any atom is -0.680 e. The Morgan fingerprint density at radius 1 is 0.697 bits per heavy atom. The van der Waals surface area contributed by atoms with Crippen molar-refractivity contribution in [1.82, 2.24) is 20.4 Å². The van der Waals surface area contributed by atoms with Gasteiger partial charge in [0.1, 0.15) is 0 Å². The van der Waals surface area contributed by atoms with Gasteiger partial charge in [-0.05, 0) is 0 Å². The van der Waals surface area contributed by atoms with E-state index in [0.29, 0.717) is 26.2 Å². The zero-order valence-corrected chi connectivity index (χ0v) is 23.1. The van der Waals surface area contributed by atoms with E-state index in [1.807, 2.05) is 0 Å².